The van der Waals surface area contributed by atoms with Crippen LogP contribution in [0.15, 0.2) is 6.33 Å². The molecule has 2 rings (SSSR count). The Morgan fingerprint density at radius 1 is 1.25 bits per heavy atom. The molecule has 1 aliphatic carbocycles. The summed E-state index contributed by atoms with van der Waals surface area (Å²) in [6.07, 6.45) is 7.00. The maximum Gasteiger partial charge on any atom is 0.137 e. The number of aromatic nitrogens is 2. The lowest BCUT2D eigenvalue weighted by Crippen LogP contribution is -2.35. The molecule has 0 spiro atoms. The summed E-state index contributed by atoms with van der Waals surface area (Å²) in [5.41, 5.74) is 1.27. The molecule has 1 N–H and O–H groups in total. The van der Waals surface area contributed by atoms with E-state index in [0.29, 0.717) is 12.0 Å². The van der Waals surface area contributed by atoms with Crippen LogP contribution in [0, 0.1) is 0 Å². The molecule has 1 aliphatic rings. The molecule has 1 aromatic heterocycles. The Labute approximate surface area is 123 Å². The first-order chi connectivity index (χ1) is 9.69. The van der Waals surface area contributed by atoms with Crippen LogP contribution < -0.4 is 10.2 Å². The van der Waals surface area contributed by atoms with E-state index >= 15 is 0 Å². The maximum absolute atomic E-state index is 4.63. The van der Waals surface area contributed by atoms with Crippen LogP contribution in [-0.4, -0.2) is 29.1 Å². The highest BCUT2D eigenvalue weighted by molar-refractivity contribution is 5.60. The summed E-state index contributed by atoms with van der Waals surface area (Å²) < 4.78 is 0. The molecule has 4 nitrogen and oxygen atoms in total. The summed E-state index contributed by atoms with van der Waals surface area (Å²) in [6, 6.07) is 0.655. The van der Waals surface area contributed by atoms with Gasteiger partial charge in [-0.05, 0) is 32.6 Å². The molecule has 0 aromatic carbocycles. The summed E-state index contributed by atoms with van der Waals surface area (Å²) in [7, 11) is 0. The molecule has 0 unspecified atom stereocenters. The van der Waals surface area contributed by atoms with Crippen molar-refractivity contribution in [3.05, 3.63) is 11.9 Å². The van der Waals surface area contributed by atoms with E-state index in [2.05, 4.69) is 47.9 Å². The maximum atomic E-state index is 4.63. The van der Waals surface area contributed by atoms with E-state index in [-0.39, 0.29) is 0 Å². The predicted octanol–water partition coefficient (Wildman–Crippen LogP) is 3.80. The lowest BCUT2D eigenvalue weighted by molar-refractivity contribution is 0.607. The molecule has 0 amide bonds. The van der Waals surface area contributed by atoms with Crippen LogP contribution in [0.4, 0.5) is 11.6 Å². The average molecular weight is 276 g/mol. The minimum Gasteiger partial charge on any atom is -0.370 e. The third kappa shape index (κ3) is 3.05. The smallest absolute Gasteiger partial charge is 0.137 e. The highest BCUT2D eigenvalue weighted by Gasteiger charge is 2.26. The van der Waals surface area contributed by atoms with Crippen molar-refractivity contribution in [2.45, 2.75) is 65.3 Å². The standard InChI is InChI=1S/C16H28N4/c1-5-17-15-14(12(3)4)16(19-11-18-15)20(6-2)13-9-7-8-10-13/h11-13H,5-10H2,1-4H3,(H,17,18,19). The Hall–Kier alpha value is -1.32. The Balaban J connectivity index is 2.39. The summed E-state index contributed by atoms with van der Waals surface area (Å²) in [5, 5.41) is 3.39. The predicted molar refractivity (Wildman–Crippen MR) is 85.6 cm³/mol. The normalized spacial score (nSPS) is 15.8. The van der Waals surface area contributed by atoms with Gasteiger partial charge in [0.15, 0.2) is 0 Å². The van der Waals surface area contributed by atoms with Crippen molar-refractivity contribution in [2.24, 2.45) is 0 Å². The molecule has 1 saturated carbocycles. The second-order valence-corrected chi connectivity index (χ2v) is 5.87. The number of nitrogens with one attached hydrogen (secondary N) is 1. The first-order valence-electron chi connectivity index (χ1n) is 8.04. The van der Waals surface area contributed by atoms with Gasteiger partial charge in [0.2, 0.25) is 0 Å². The van der Waals surface area contributed by atoms with Crippen LogP contribution in [0.25, 0.3) is 0 Å². The molecular weight excluding hydrogens is 248 g/mol. The van der Waals surface area contributed by atoms with Gasteiger partial charge < -0.3 is 10.2 Å². The lowest BCUT2D eigenvalue weighted by atomic mass is 10.0. The topological polar surface area (TPSA) is 41.1 Å². The first-order valence-corrected chi connectivity index (χ1v) is 8.04. The number of anilines is 2. The summed E-state index contributed by atoms with van der Waals surface area (Å²) in [5.74, 6) is 2.57. The lowest BCUT2D eigenvalue weighted by Gasteiger charge is -2.32. The SMILES string of the molecule is CCNc1ncnc(N(CC)C2CCCC2)c1C(C)C. The third-order valence-corrected chi connectivity index (χ3v) is 4.16. The fourth-order valence-electron chi connectivity index (χ4n) is 3.25. The van der Waals surface area contributed by atoms with Gasteiger partial charge in [-0.2, -0.15) is 0 Å². The average Bonchev–Trinajstić information content (AvgIpc) is 2.94. The van der Waals surface area contributed by atoms with Crippen molar-refractivity contribution in [1.82, 2.24) is 9.97 Å². The van der Waals surface area contributed by atoms with Crippen molar-refractivity contribution in [2.75, 3.05) is 23.3 Å². The van der Waals surface area contributed by atoms with Gasteiger partial charge in [0.1, 0.15) is 18.0 Å². The number of nitrogens with zero attached hydrogens (tertiary/aromatic N) is 3. The highest BCUT2D eigenvalue weighted by Crippen LogP contribution is 2.34. The van der Waals surface area contributed by atoms with E-state index in [9.17, 15) is 0 Å². The minimum atomic E-state index is 0.427. The van der Waals surface area contributed by atoms with Gasteiger partial charge in [-0.25, -0.2) is 9.97 Å². The molecule has 1 aromatic rings. The monoisotopic (exact) mass is 276 g/mol. The van der Waals surface area contributed by atoms with Crippen LogP contribution in [0.3, 0.4) is 0 Å². The number of hydrogen-bond donors (Lipinski definition) is 1. The van der Waals surface area contributed by atoms with Crippen molar-refractivity contribution in [3.63, 3.8) is 0 Å². The van der Waals surface area contributed by atoms with Crippen LogP contribution in [0.2, 0.25) is 0 Å². The van der Waals surface area contributed by atoms with E-state index in [4.69, 9.17) is 0 Å². The molecule has 0 bridgehead atoms. The molecule has 4 heteroatoms. The van der Waals surface area contributed by atoms with Gasteiger partial charge >= 0.3 is 0 Å². The van der Waals surface area contributed by atoms with Crippen LogP contribution in [0.1, 0.15) is 64.9 Å². The van der Waals surface area contributed by atoms with Gasteiger partial charge in [0.05, 0.1) is 0 Å². The largest absolute Gasteiger partial charge is 0.370 e. The first kappa shape index (κ1) is 15.1. The van der Waals surface area contributed by atoms with Crippen molar-refractivity contribution in [1.29, 1.82) is 0 Å². The Morgan fingerprint density at radius 3 is 2.50 bits per heavy atom. The molecule has 0 saturated heterocycles. The fraction of sp³-hybridized carbons (Fsp3) is 0.750. The molecule has 0 aliphatic heterocycles. The van der Waals surface area contributed by atoms with E-state index in [1.807, 2.05) is 0 Å². The minimum absolute atomic E-state index is 0.427. The molecule has 0 radical (unpaired) electrons. The second-order valence-electron chi connectivity index (χ2n) is 5.87. The van der Waals surface area contributed by atoms with E-state index in [0.717, 1.165) is 24.7 Å². The van der Waals surface area contributed by atoms with E-state index < -0.39 is 0 Å². The highest BCUT2D eigenvalue weighted by atomic mass is 15.2. The molecule has 1 heterocycles. The summed E-state index contributed by atoms with van der Waals surface area (Å²) in [6.45, 7) is 10.7. The number of rotatable bonds is 6. The van der Waals surface area contributed by atoms with Crippen LogP contribution in [-0.2, 0) is 0 Å². The van der Waals surface area contributed by atoms with Gasteiger partial charge in [-0.1, -0.05) is 26.7 Å². The Kier molecular flexibility index (Phi) is 5.21. The summed E-state index contributed by atoms with van der Waals surface area (Å²) in [4.78, 5) is 11.6. The van der Waals surface area contributed by atoms with E-state index in [1.54, 1.807) is 6.33 Å². The van der Waals surface area contributed by atoms with E-state index in [1.165, 1.54) is 31.2 Å². The zero-order valence-electron chi connectivity index (χ0n) is 13.3. The molecule has 0 atom stereocenters. The van der Waals surface area contributed by atoms with Gasteiger partial charge in [-0.3, -0.25) is 0 Å². The molecule has 1 fully saturated rings. The summed E-state index contributed by atoms with van der Waals surface area (Å²) >= 11 is 0. The van der Waals surface area contributed by atoms with Crippen LogP contribution in [0.5, 0.6) is 0 Å². The third-order valence-electron chi connectivity index (χ3n) is 4.16. The fourth-order valence-corrected chi connectivity index (χ4v) is 3.25. The number of hydrogen-bond acceptors (Lipinski definition) is 4. The van der Waals surface area contributed by atoms with Crippen LogP contribution >= 0.6 is 0 Å². The van der Waals surface area contributed by atoms with Gasteiger partial charge in [0.25, 0.3) is 0 Å². The van der Waals surface area contributed by atoms with Crippen molar-refractivity contribution >= 4 is 11.6 Å². The quantitative estimate of drug-likeness (QED) is 0.858. The zero-order valence-corrected chi connectivity index (χ0v) is 13.3. The van der Waals surface area contributed by atoms with Gasteiger partial charge in [0, 0.05) is 24.7 Å². The molecule has 112 valence electrons. The van der Waals surface area contributed by atoms with Crippen molar-refractivity contribution in [3.8, 4) is 0 Å². The van der Waals surface area contributed by atoms with Crippen molar-refractivity contribution < 1.29 is 0 Å². The molecule has 20 heavy (non-hydrogen) atoms. The Bertz CT molecular complexity index is 424. The second kappa shape index (κ2) is 6.91. The van der Waals surface area contributed by atoms with Gasteiger partial charge in [-0.15, -0.1) is 0 Å². The molecular formula is C16H28N4. The zero-order chi connectivity index (χ0) is 14.5. The Morgan fingerprint density at radius 2 is 1.95 bits per heavy atom.